The Kier molecular flexibility index (Phi) is 4.90. The summed E-state index contributed by atoms with van der Waals surface area (Å²) in [6.45, 7) is 3.68. The number of aromatic carboxylic acids is 1. The van der Waals surface area contributed by atoms with E-state index in [-0.39, 0.29) is 5.69 Å². The first-order valence-electron chi connectivity index (χ1n) is 7.03. The average molecular weight is 266 g/mol. The van der Waals surface area contributed by atoms with Gasteiger partial charge in [0, 0.05) is 12.6 Å². The van der Waals surface area contributed by atoms with Gasteiger partial charge < -0.3 is 10.4 Å². The molecule has 1 aromatic rings. The van der Waals surface area contributed by atoms with Crippen molar-refractivity contribution in [3.05, 3.63) is 11.9 Å². The topological polar surface area (TPSA) is 80.0 Å². The maximum Gasteiger partial charge on any atom is 0.358 e. The molecule has 6 heteroatoms. The molecule has 1 saturated carbocycles. The van der Waals surface area contributed by atoms with Crippen molar-refractivity contribution in [1.82, 2.24) is 20.3 Å². The van der Waals surface area contributed by atoms with Crippen LogP contribution in [0.25, 0.3) is 0 Å². The Bertz CT molecular complexity index is 413. The van der Waals surface area contributed by atoms with Gasteiger partial charge in [0.15, 0.2) is 5.69 Å². The van der Waals surface area contributed by atoms with Gasteiger partial charge in [0.2, 0.25) is 0 Å². The molecule has 19 heavy (non-hydrogen) atoms. The van der Waals surface area contributed by atoms with E-state index in [1.807, 2.05) is 0 Å². The van der Waals surface area contributed by atoms with Crippen LogP contribution in [-0.4, -0.2) is 38.7 Å². The summed E-state index contributed by atoms with van der Waals surface area (Å²) in [6.07, 6.45) is 8.18. The number of carboxylic acid groups (broad SMARTS) is 1. The van der Waals surface area contributed by atoms with Crippen molar-refractivity contribution in [2.45, 2.75) is 51.6 Å². The Morgan fingerprint density at radius 1 is 1.53 bits per heavy atom. The van der Waals surface area contributed by atoms with Crippen LogP contribution in [0.4, 0.5) is 0 Å². The molecule has 2 rings (SSSR count). The van der Waals surface area contributed by atoms with E-state index in [4.69, 9.17) is 5.11 Å². The number of carboxylic acids is 1. The van der Waals surface area contributed by atoms with Crippen molar-refractivity contribution in [3.63, 3.8) is 0 Å². The highest BCUT2D eigenvalue weighted by Crippen LogP contribution is 2.26. The van der Waals surface area contributed by atoms with E-state index in [9.17, 15) is 4.79 Å². The van der Waals surface area contributed by atoms with Gasteiger partial charge in [-0.15, -0.1) is 5.10 Å². The molecule has 2 N–H and O–H groups in total. The molecule has 1 aromatic heterocycles. The first-order valence-corrected chi connectivity index (χ1v) is 7.03. The lowest BCUT2D eigenvalue weighted by Crippen LogP contribution is -2.36. The van der Waals surface area contributed by atoms with Crippen LogP contribution in [0.15, 0.2) is 6.20 Å². The van der Waals surface area contributed by atoms with Gasteiger partial charge in [0.25, 0.3) is 0 Å². The largest absolute Gasteiger partial charge is 0.476 e. The Balaban J connectivity index is 1.71. The van der Waals surface area contributed by atoms with Crippen LogP contribution in [0.1, 0.15) is 49.5 Å². The number of nitrogens with one attached hydrogen (secondary N) is 1. The highest BCUT2D eigenvalue weighted by molar-refractivity contribution is 5.84. The second kappa shape index (κ2) is 6.65. The smallest absolute Gasteiger partial charge is 0.358 e. The van der Waals surface area contributed by atoms with E-state index in [0.29, 0.717) is 12.6 Å². The SMILES string of the molecule is C[C@H](NCCn1cc(C(=O)O)nn1)C1CCCCC1. The molecule has 1 aliphatic rings. The zero-order valence-corrected chi connectivity index (χ0v) is 11.4. The van der Waals surface area contributed by atoms with Crippen molar-refractivity contribution in [1.29, 1.82) is 0 Å². The molecule has 0 unspecified atom stereocenters. The predicted molar refractivity (Wildman–Crippen MR) is 71.0 cm³/mol. The molecule has 6 nitrogen and oxygen atoms in total. The summed E-state index contributed by atoms with van der Waals surface area (Å²) in [4.78, 5) is 10.7. The Morgan fingerprint density at radius 3 is 2.89 bits per heavy atom. The lowest BCUT2D eigenvalue weighted by Gasteiger charge is -2.28. The van der Waals surface area contributed by atoms with E-state index in [0.717, 1.165) is 12.5 Å². The molecule has 0 bridgehead atoms. The minimum Gasteiger partial charge on any atom is -0.476 e. The molecule has 0 aromatic carbocycles. The van der Waals surface area contributed by atoms with Crippen LogP contribution in [-0.2, 0) is 6.54 Å². The third-order valence-electron chi connectivity index (χ3n) is 3.92. The molecular weight excluding hydrogens is 244 g/mol. The van der Waals surface area contributed by atoms with Crippen LogP contribution < -0.4 is 5.32 Å². The fourth-order valence-corrected chi connectivity index (χ4v) is 2.71. The fraction of sp³-hybridized carbons (Fsp3) is 0.769. The average Bonchev–Trinajstić information content (AvgIpc) is 2.89. The van der Waals surface area contributed by atoms with Gasteiger partial charge in [-0.2, -0.15) is 0 Å². The third-order valence-corrected chi connectivity index (χ3v) is 3.92. The first kappa shape index (κ1) is 14.0. The van der Waals surface area contributed by atoms with E-state index in [1.54, 1.807) is 4.68 Å². The van der Waals surface area contributed by atoms with Gasteiger partial charge in [0.1, 0.15) is 0 Å². The van der Waals surface area contributed by atoms with E-state index in [2.05, 4.69) is 22.6 Å². The molecule has 0 aliphatic heterocycles. The quantitative estimate of drug-likeness (QED) is 0.816. The molecule has 1 heterocycles. The number of aromatic nitrogens is 3. The van der Waals surface area contributed by atoms with Crippen molar-refractivity contribution < 1.29 is 9.90 Å². The summed E-state index contributed by atoms with van der Waals surface area (Å²) >= 11 is 0. The maximum absolute atomic E-state index is 10.7. The highest BCUT2D eigenvalue weighted by atomic mass is 16.4. The van der Waals surface area contributed by atoms with Crippen molar-refractivity contribution >= 4 is 5.97 Å². The molecular formula is C13H22N4O2. The van der Waals surface area contributed by atoms with E-state index in [1.165, 1.54) is 38.3 Å². The second-order valence-corrected chi connectivity index (χ2v) is 5.31. The molecule has 1 fully saturated rings. The predicted octanol–water partition coefficient (Wildman–Crippen LogP) is 1.53. The second-order valence-electron chi connectivity index (χ2n) is 5.31. The molecule has 0 saturated heterocycles. The van der Waals surface area contributed by atoms with Gasteiger partial charge in [-0.1, -0.05) is 24.5 Å². The summed E-state index contributed by atoms with van der Waals surface area (Å²) in [6, 6.07) is 0.516. The Labute approximate surface area is 113 Å². The Hall–Kier alpha value is -1.43. The lowest BCUT2D eigenvalue weighted by atomic mass is 9.84. The van der Waals surface area contributed by atoms with Crippen molar-refractivity contribution in [2.24, 2.45) is 5.92 Å². The van der Waals surface area contributed by atoms with Crippen LogP contribution in [0.3, 0.4) is 0 Å². The summed E-state index contributed by atoms with van der Waals surface area (Å²) in [7, 11) is 0. The van der Waals surface area contributed by atoms with Crippen LogP contribution in [0, 0.1) is 5.92 Å². The minimum atomic E-state index is -1.03. The number of nitrogens with zero attached hydrogens (tertiary/aromatic N) is 3. The van der Waals surface area contributed by atoms with Crippen molar-refractivity contribution in [2.75, 3.05) is 6.54 Å². The zero-order chi connectivity index (χ0) is 13.7. The normalized spacial score (nSPS) is 18.4. The number of hydrogen-bond acceptors (Lipinski definition) is 4. The zero-order valence-electron chi connectivity index (χ0n) is 11.4. The summed E-state index contributed by atoms with van der Waals surface area (Å²) in [5, 5.41) is 19.6. The molecule has 0 amide bonds. The lowest BCUT2D eigenvalue weighted by molar-refractivity contribution is 0.0690. The van der Waals surface area contributed by atoms with E-state index < -0.39 is 5.97 Å². The van der Waals surface area contributed by atoms with Crippen LogP contribution in [0.2, 0.25) is 0 Å². The number of carbonyl (C=O) groups is 1. The molecule has 0 radical (unpaired) electrons. The molecule has 1 atom stereocenters. The standard InChI is InChI=1S/C13H22N4O2/c1-10(11-5-3-2-4-6-11)14-7-8-17-9-12(13(18)19)15-16-17/h9-11,14H,2-8H2,1H3,(H,18,19)/t10-/m0/s1. The minimum absolute atomic E-state index is 0.000305. The van der Waals surface area contributed by atoms with Crippen LogP contribution in [0.5, 0.6) is 0 Å². The highest BCUT2D eigenvalue weighted by Gasteiger charge is 2.19. The van der Waals surface area contributed by atoms with Gasteiger partial charge >= 0.3 is 5.97 Å². The van der Waals surface area contributed by atoms with Gasteiger partial charge in [-0.25, -0.2) is 4.79 Å². The molecule has 1 aliphatic carbocycles. The van der Waals surface area contributed by atoms with Gasteiger partial charge in [-0.3, -0.25) is 4.68 Å². The van der Waals surface area contributed by atoms with Gasteiger partial charge in [0.05, 0.1) is 12.7 Å². The summed E-state index contributed by atoms with van der Waals surface area (Å²) in [5.41, 5.74) is 0.000305. The molecule has 0 spiro atoms. The Morgan fingerprint density at radius 2 is 2.26 bits per heavy atom. The van der Waals surface area contributed by atoms with Gasteiger partial charge in [-0.05, 0) is 25.7 Å². The monoisotopic (exact) mass is 266 g/mol. The number of rotatable bonds is 6. The van der Waals surface area contributed by atoms with Crippen molar-refractivity contribution in [3.8, 4) is 0 Å². The summed E-state index contributed by atoms with van der Waals surface area (Å²) in [5.74, 6) is -0.256. The number of hydrogen-bond donors (Lipinski definition) is 2. The maximum atomic E-state index is 10.7. The van der Waals surface area contributed by atoms with Crippen LogP contribution >= 0.6 is 0 Å². The fourth-order valence-electron chi connectivity index (χ4n) is 2.71. The first-order chi connectivity index (χ1) is 9.16. The third kappa shape index (κ3) is 4.02. The summed E-state index contributed by atoms with van der Waals surface area (Å²) < 4.78 is 1.57. The molecule has 106 valence electrons. The van der Waals surface area contributed by atoms with E-state index >= 15 is 0 Å².